The zero-order chi connectivity index (χ0) is 12.9. The lowest BCUT2D eigenvalue weighted by atomic mass is 9.95. The number of aryl methyl sites for hydroxylation is 1. The average Bonchev–Trinajstić information content (AvgIpc) is 3.30. The van der Waals surface area contributed by atoms with Crippen molar-refractivity contribution in [3.05, 3.63) is 35.4 Å². The third-order valence-electron chi connectivity index (χ3n) is 5.05. The normalized spacial score (nSPS) is 31.1. The van der Waals surface area contributed by atoms with E-state index in [2.05, 4.69) is 34.9 Å². The molecule has 100 valence electrons. The molecule has 1 aromatic rings. The lowest BCUT2D eigenvalue weighted by Crippen LogP contribution is -2.38. The Morgan fingerprint density at radius 2 is 2.16 bits per heavy atom. The van der Waals surface area contributed by atoms with Crippen LogP contribution in [0.3, 0.4) is 0 Å². The smallest absolute Gasteiger partial charge is 0.315 e. The van der Waals surface area contributed by atoms with Crippen molar-refractivity contribution < 1.29 is 4.79 Å². The molecule has 2 saturated carbocycles. The third-order valence-corrected chi connectivity index (χ3v) is 5.05. The molecule has 0 aliphatic heterocycles. The van der Waals surface area contributed by atoms with Gasteiger partial charge in [0.25, 0.3) is 0 Å². The van der Waals surface area contributed by atoms with Crippen LogP contribution in [0, 0.1) is 5.92 Å². The first-order chi connectivity index (χ1) is 9.28. The molecule has 2 N–H and O–H groups in total. The maximum Gasteiger partial charge on any atom is 0.315 e. The molecule has 3 heteroatoms. The fraction of sp³-hybridized carbons (Fsp3) is 0.562. The van der Waals surface area contributed by atoms with Crippen LogP contribution in [0.5, 0.6) is 0 Å². The summed E-state index contributed by atoms with van der Waals surface area (Å²) >= 11 is 0. The molecule has 0 heterocycles. The lowest BCUT2D eigenvalue weighted by Gasteiger charge is -2.12. The van der Waals surface area contributed by atoms with Crippen molar-refractivity contribution in [1.29, 1.82) is 0 Å². The Labute approximate surface area is 113 Å². The van der Waals surface area contributed by atoms with Crippen LogP contribution in [-0.2, 0) is 11.8 Å². The van der Waals surface area contributed by atoms with Gasteiger partial charge >= 0.3 is 6.03 Å². The van der Waals surface area contributed by atoms with Gasteiger partial charge in [0, 0.05) is 18.0 Å². The van der Waals surface area contributed by atoms with Gasteiger partial charge in [-0.15, -0.1) is 0 Å². The molecule has 1 spiro atoms. The van der Waals surface area contributed by atoms with Crippen LogP contribution in [0.4, 0.5) is 4.79 Å². The third kappa shape index (κ3) is 1.92. The van der Waals surface area contributed by atoms with Crippen molar-refractivity contribution in [3.8, 4) is 0 Å². The second-order valence-corrected chi connectivity index (χ2v) is 6.34. The highest BCUT2D eigenvalue weighted by Gasteiger charge is 2.57. The summed E-state index contributed by atoms with van der Waals surface area (Å²) < 4.78 is 0. The summed E-state index contributed by atoms with van der Waals surface area (Å²) in [6, 6.07) is 9.29. The van der Waals surface area contributed by atoms with E-state index in [9.17, 15) is 4.79 Å². The number of carbonyl (C=O) groups is 1. The summed E-state index contributed by atoms with van der Waals surface area (Å²) in [5.41, 5.74) is 3.46. The summed E-state index contributed by atoms with van der Waals surface area (Å²) in [7, 11) is 0. The average molecular weight is 256 g/mol. The van der Waals surface area contributed by atoms with Gasteiger partial charge < -0.3 is 10.6 Å². The first-order valence-corrected chi connectivity index (χ1v) is 7.41. The van der Waals surface area contributed by atoms with E-state index < -0.39 is 0 Å². The minimum Gasteiger partial charge on any atom is -0.338 e. The number of nitrogens with one attached hydrogen (secondary N) is 2. The molecule has 0 bridgehead atoms. The number of benzene rings is 1. The quantitative estimate of drug-likeness (QED) is 0.856. The molecule has 19 heavy (non-hydrogen) atoms. The van der Waals surface area contributed by atoms with Gasteiger partial charge in [0.05, 0.1) is 0 Å². The number of hydrogen-bond donors (Lipinski definition) is 2. The van der Waals surface area contributed by atoms with Crippen molar-refractivity contribution in [2.75, 3.05) is 6.54 Å². The first-order valence-electron chi connectivity index (χ1n) is 7.41. The van der Waals surface area contributed by atoms with Crippen LogP contribution in [0.25, 0.3) is 0 Å². The number of hydrogen-bond acceptors (Lipinski definition) is 1. The molecule has 1 aromatic carbocycles. The SMILES string of the molecule is O=C(NC[C@@H]1C[C@]12CCc1ccccc12)NC1CC1. The second kappa shape index (κ2) is 3.99. The van der Waals surface area contributed by atoms with E-state index in [-0.39, 0.29) is 6.03 Å². The molecule has 0 unspecified atom stereocenters. The predicted octanol–water partition coefficient (Wildman–Crippen LogP) is 2.35. The molecule has 4 rings (SSSR count). The van der Waals surface area contributed by atoms with Crippen molar-refractivity contribution in [2.24, 2.45) is 5.92 Å². The molecular weight excluding hydrogens is 236 g/mol. The molecular formula is C16H20N2O. The van der Waals surface area contributed by atoms with Crippen LogP contribution >= 0.6 is 0 Å². The molecule has 0 radical (unpaired) electrons. The van der Waals surface area contributed by atoms with Gasteiger partial charge in [-0.25, -0.2) is 4.79 Å². The fourth-order valence-electron chi connectivity index (χ4n) is 3.68. The van der Waals surface area contributed by atoms with Gasteiger partial charge in [-0.1, -0.05) is 24.3 Å². The molecule has 2 amide bonds. The number of urea groups is 1. The molecule has 0 aromatic heterocycles. The van der Waals surface area contributed by atoms with E-state index in [1.54, 1.807) is 5.56 Å². The van der Waals surface area contributed by atoms with Gasteiger partial charge in [0.2, 0.25) is 0 Å². The second-order valence-electron chi connectivity index (χ2n) is 6.34. The highest BCUT2D eigenvalue weighted by Crippen LogP contribution is 2.61. The maximum atomic E-state index is 11.7. The predicted molar refractivity (Wildman–Crippen MR) is 74.1 cm³/mol. The summed E-state index contributed by atoms with van der Waals surface area (Å²) in [4.78, 5) is 11.7. The molecule has 3 aliphatic carbocycles. The number of fused-ring (bicyclic) bond motifs is 2. The van der Waals surface area contributed by atoms with Crippen LogP contribution in [0.15, 0.2) is 24.3 Å². The van der Waals surface area contributed by atoms with Gasteiger partial charge in [-0.2, -0.15) is 0 Å². The largest absolute Gasteiger partial charge is 0.338 e. The fourth-order valence-corrected chi connectivity index (χ4v) is 3.68. The standard InChI is InChI=1S/C16H20N2O/c19-15(18-13-5-6-13)17-10-12-9-16(12)8-7-11-3-1-2-4-14(11)16/h1-4,12-13H,5-10H2,(H2,17,18,19)/t12-,16+/m0/s1. The Bertz CT molecular complexity index is 523. The van der Waals surface area contributed by atoms with Gasteiger partial charge in [-0.05, 0) is 49.1 Å². The zero-order valence-electron chi connectivity index (χ0n) is 11.1. The van der Waals surface area contributed by atoms with Crippen LogP contribution in [0.1, 0.15) is 36.8 Å². The molecule has 0 saturated heterocycles. The molecule has 2 atom stereocenters. The van der Waals surface area contributed by atoms with Gasteiger partial charge in [-0.3, -0.25) is 0 Å². The minimum atomic E-state index is 0.0239. The monoisotopic (exact) mass is 256 g/mol. The van der Waals surface area contributed by atoms with Gasteiger partial charge in [0.1, 0.15) is 0 Å². The lowest BCUT2D eigenvalue weighted by molar-refractivity contribution is 0.239. The summed E-state index contributed by atoms with van der Waals surface area (Å²) in [6.07, 6.45) is 6.01. The number of rotatable bonds is 3. The summed E-state index contributed by atoms with van der Waals surface area (Å²) in [5.74, 6) is 0.640. The van der Waals surface area contributed by atoms with E-state index >= 15 is 0 Å². The number of carbonyl (C=O) groups excluding carboxylic acids is 1. The van der Waals surface area contributed by atoms with Crippen molar-refractivity contribution in [1.82, 2.24) is 10.6 Å². The Kier molecular flexibility index (Phi) is 2.38. The summed E-state index contributed by atoms with van der Waals surface area (Å²) in [6.45, 7) is 0.826. The summed E-state index contributed by atoms with van der Waals surface area (Å²) in [5, 5.41) is 6.03. The van der Waals surface area contributed by atoms with E-state index in [0.717, 1.165) is 19.4 Å². The Hall–Kier alpha value is -1.51. The topological polar surface area (TPSA) is 41.1 Å². The molecule has 3 aliphatic rings. The number of amides is 2. The Morgan fingerprint density at radius 3 is 3.00 bits per heavy atom. The van der Waals surface area contributed by atoms with Crippen molar-refractivity contribution in [3.63, 3.8) is 0 Å². The van der Waals surface area contributed by atoms with E-state index in [1.165, 1.54) is 24.8 Å². The van der Waals surface area contributed by atoms with Crippen LogP contribution < -0.4 is 10.6 Å². The van der Waals surface area contributed by atoms with Crippen molar-refractivity contribution >= 4 is 6.03 Å². The van der Waals surface area contributed by atoms with Crippen molar-refractivity contribution in [2.45, 2.75) is 43.6 Å². The maximum absolute atomic E-state index is 11.7. The highest BCUT2D eigenvalue weighted by atomic mass is 16.2. The highest BCUT2D eigenvalue weighted by molar-refractivity contribution is 5.74. The zero-order valence-corrected chi connectivity index (χ0v) is 11.1. The van der Waals surface area contributed by atoms with Crippen LogP contribution in [-0.4, -0.2) is 18.6 Å². The van der Waals surface area contributed by atoms with Gasteiger partial charge in [0.15, 0.2) is 0 Å². The van der Waals surface area contributed by atoms with E-state index in [1.807, 2.05) is 0 Å². The first kappa shape index (κ1) is 11.3. The molecule has 3 nitrogen and oxygen atoms in total. The Balaban J connectivity index is 1.37. The van der Waals surface area contributed by atoms with E-state index in [0.29, 0.717) is 17.4 Å². The minimum absolute atomic E-state index is 0.0239. The van der Waals surface area contributed by atoms with E-state index in [4.69, 9.17) is 0 Å². The molecule has 2 fully saturated rings. The Morgan fingerprint density at radius 1 is 1.32 bits per heavy atom. The van der Waals surface area contributed by atoms with Crippen LogP contribution in [0.2, 0.25) is 0 Å².